The van der Waals surface area contributed by atoms with E-state index >= 15 is 0 Å². The third-order valence-electron chi connectivity index (χ3n) is 3.34. The Bertz CT molecular complexity index is 564. The maximum absolute atomic E-state index is 12.2. The van der Waals surface area contributed by atoms with Gasteiger partial charge in [-0.1, -0.05) is 0 Å². The second-order valence-electron chi connectivity index (χ2n) is 4.77. The molecule has 19 heavy (non-hydrogen) atoms. The number of amides is 1. The van der Waals surface area contributed by atoms with Gasteiger partial charge in [-0.05, 0) is 19.8 Å². The Balaban J connectivity index is 1.73. The fraction of sp³-hybridized carbons (Fsp3) is 0.462. The molecule has 0 N–H and O–H groups in total. The Morgan fingerprint density at radius 2 is 2.42 bits per heavy atom. The van der Waals surface area contributed by atoms with Crippen molar-refractivity contribution in [2.45, 2.75) is 25.7 Å². The molecule has 0 aromatic carbocycles. The molecule has 0 bridgehead atoms. The minimum absolute atomic E-state index is 0.0736. The first kappa shape index (κ1) is 12.3. The number of hydrogen-bond acceptors (Lipinski definition) is 5. The summed E-state index contributed by atoms with van der Waals surface area (Å²) in [5.74, 6) is 0.589. The van der Waals surface area contributed by atoms with E-state index in [0.717, 1.165) is 24.4 Å². The van der Waals surface area contributed by atoms with Gasteiger partial charge >= 0.3 is 0 Å². The Kier molecular flexibility index (Phi) is 3.33. The number of piperidine rings is 1. The van der Waals surface area contributed by atoms with Crippen molar-refractivity contribution in [2.24, 2.45) is 0 Å². The smallest absolute Gasteiger partial charge is 0.291 e. The lowest BCUT2D eigenvalue weighted by Crippen LogP contribution is -2.38. The van der Waals surface area contributed by atoms with Crippen molar-refractivity contribution < 1.29 is 9.21 Å². The molecule has 1 unspecified atom stereocenters. The average molecular weight is 277 g/mol. The molecule has 1 aliphatic rings. The van der Waals surface area contributed by atoms with Crippen LogP contribution < -0.4 is 0 Å². The van der Waals surface area contributed by atoms with Crippen LogP contribution in [0.2, 0.25) is 0 Å². The van der Waals surface area contributed by atoms with Crippen molar-refractivity contribution in [2.75, 3.05) is 13.1 Å². The molecule has 0 spiro atoms. The van der Waals surface area contributed by atoms with Gasteiger partial charge in [-0.3, -0.25) is 4.79 Å². The molecule has 1 atom stereocenters. The molecule has 3 heterocycles. The second kappa shape index (κ2) is 5.13. The summed E-state index contributed by atoms with van der Waals surface area (Å²) in [5.41, 5.74) is 0. The maximum Gasteiger partial charge on any atom is 0.291 e. The Hall–Kier alpha value is -1.69. The van der Waals surface area contributed by atoms with Crippen molar-refractivity contribution in [3.05, 3.63) is 34.4 Å². The van der Waals surface area contributed by atoms with E-state index in [1.54, 1.807) is 11.3 Å². The summed E-state index contributed by atoms with van der Waals surface area (Å²) in [6.45, 7) is 3.55. The molecule has 2 aromatic rings. The van der Waals surface area contributed by atoms with E-state index in [1.807, 2.05) is 11.1 Å². The van der Waals surface area contributed by atoms with Crippen molar-refractivity contribution >= 4 is 17.2 Å². The van der Waals surface area contributed by atoms with Crippen LogP contribution in [-0.2, 0) is 0 Å². The minimum atomic E-state index is -0.0736. The van der Waals surface area contributed by atoms with Crippen LogP contribution in [0, 0.1) is 6.92 Å². The van der Waals surface area contributed by atoms with Crippen LogP contribution in [0.5, 0.6) is 0 Å². The lowest BCUT2D eigenvalue weighted by Gasteiger charge is -2.31. The molecule has 1 amide bonds. The van der Waals surface area contributed by atoms with Crippen molar-refractivity contribution in [1.82, 2.24) is 14.9 Å². The van der Waals surface area contributed by atoms with E-state index in [-0.39, 0.29) is 5.91 Å². The average Bonchev–Trinajstić information content (AvgIpc) is 3.09. The summed E-state index contributed by atoms with van der Waals surface area (Å²) in [6, 6.07) is 0. The van der Waals surface area contributed by atoms with Gasteiger partial charge in [-0.2, -0.15) is 0 Å². The first-order valence-electron chi connectivity index (χ1n) is 6.34. The summed E-state index contributed by atoms with van der Waals surface area (Å²) >= 11 is 1.72. The number of thiazole rings is 1. The molecule has 1 fully saturated rings. The lowest BCUT2D eigenvalue weighted by molar-refractivity contribution is 0.0675. The van der Waals surface area contributed by atoms with E-state index in [1.165, 1.54) is 17.5 Å². The van der Waals surface area contributed by atoms with Crippen LogP contribution >= 0.6 is 11.3 Å². The number of aryl methyl sites for hydroxylation is 1. The van der Waals surface area contributed by atoms with Crippen LogP contribution in [0.3, 0.4) is 0 Å². The van der Waals surface area contributed by atoms with Gasteiger partial charge in [0.2, 0.25) is 5.76 Å². The van der Waals surface area contributed by atoms with Crippen LogP contribution in [-0.4, -0.2) is 33.9 Å². The van der Waals surface area contributed by atoms with Gasteiger partial charge in [0.1, 0.15) is 0 Å². The van der Waals surface area contributed by atoms with Gasteiger partial charge in [0.05, 0.1) is 11.2 Å². The third-order valence-corrected chi connectivity index (χ3v) is 4.42. The van der Waals surface area contributed by atoms with Gasteiger partial charge in [0.25, 0.3) is 5.91 Å². The molecule has 1 aliphatic heterocycles. The predicted molar refractivity (Wildman–Crippen MR) is 71.2 cm³/mol. The number of carbonyl (C=O) groups is 1. The summed E-state index contributed by atoms with van der Waals surface area (Å²) in [6.07, 6.45) is 6.76. The highest BCUT2D eigenvalue weighted by atomic mass is 32.1. The highest BCUT2D eigenvalue weighted by Crippen LogP contribution is 2.30. The standard InChI is InChI=1S/C13H15N3O2S/c1-9-5-15-12(19-9)10-3-2-4-16(7-10)13(17)11-6-14-8-18-11/h5-6,8,10H,2-4,7H2,1H3. The van der Waals surface area contributed by atoms with Crippen molar-refractivity contribution in [3.8, 4) is 0 Å². The summed E-state index contributed by atoms with van der Waals surface area (Å²) in [4.78, 5) is 23.5. The molecule has 2 aromatic heterocycles. The second-order valence-corrected chi connectivity index (χ2v) is 6.03. The quantitative estimate of drug-likeness (QED) is 0.846. The number of carbonyl (C=O) groups excluding carboxylic acids is 1. The third kappa shape index (κ3) is 2.53. The number of aromatic nitrogens is 2. The van der Waals surface area contributed by atoms with E-state index in [2.05, 4.69) is 16.9 Å². The number of nitrogens with zero attached hydrogens (tertiary/aromatic N) is 3. The van der Waals surface area contributed by atoms with Crippen molar-refractivity contribution in [1.29, 1.82) is 0 Å². The fourth-order valence-electron chi connectivity index (χ4n) is 2.40. The van der Waals surface area contributed by atoms with Gasteiger partial charge in [0, 0.05) is 30.1 Å². The zero-order valence-corrected chi connectivity index (χ0v) is 11.5. The monoisotopic (exact) mass is 277 g/mol. The number of likely N-dealkylation sites (tertiary alicyclic amines) is 1. The molecule has 5 nitrogen and oxygen atoms in total. The Morgan fingerprint density at radius 3 is 3.11 bits per heavy atom. The Morgan fingerprint density at radius 1 is 1.53 bits per heavy atom. The lowest BCUT2D eigenvalue weighted by atomic mass is 9.98. The molecule has 6 heteroatoms. The van der Waals surface area contributed by atoms with Gasteiger partial charge in [-0.25, -0.2) is 9.97 Å². The van der Waals surface area contributed by atoms with Crippen molar-refractivity contribution in [3.63, 3.8) is 0 Å². The summed E-state index contributed by atoms with van der Waals surface area (Å²) in [5, 5.41) is 1.13. The zero-order chi connectivity index (χ0) is 13.2. The maximum atomic E-state index is 12.2. The van der Waals surface area contributed by atoms with E-state index in [4.69, 9.17) is 4.42 Å². The number of oxazole rings is 1. The topological polar surface area (TPSA) is 59.2 Å². The van der Waals surface area contributed by atoms with Gasteiger partial charge in [-0.15, -0.1) is 11.3 Å². The normalized spacial score (nSPS) is 19.6. The molecule has 0 saturated carbocycles. The van der Waals surface area contributed by atoms with E-state index in [0.29, 0.717) is 18.2 Å². The van der Waals surface area contributed by atoms with Crippen LogP contribution in [0.1, 0.15) is 39.2 Å². The van der Waals surface area contributed by atoms with E-state index < -0.39 is 0 Å². The summed E-state index contributed by atoms with van der Waals surface area (Å²) in [7, 11) is 0. The van der Waals surface area contributed by atoms with Gasteiger partial charge in [0.15, 0.2) is 6.39 Å². The molecule has 0 aliphatic carbocycles. The van der Waals surface area contributed by atoms with Crippen LogP contribution in [0.4, 0.5) is 0 Å². The highest BCUT2D eigenvalue weighted by Gasteiger charge is 2.28. The minimum Gasteiger partial charge on any atom is -0.438 e. The first-order valence-corrected chi connectivity index (χ1v) is 7.16. The number of hydrogen-bond donors (Lipinski definition) is 0. The highest BCUT2D eigenvalue weighted by molar-refractivity contribution is 7.11. The first-order chi connectivity index (χ1) is 9.24. The molecule has 3 rings (SSSR count). The SMILES string of the molecule is Cc1cnc(C2CCCN(C(=O)c3cnco3)C2)s1. The van der Waals surface area contributed by atoms with E-state index in [9.17, 15) is 4.79 Å². The zero-order valence-electron chi connectivity index (χ0n) is 10.7. The molecule has 1 saturated heterocycles. The molecule has 0 radical (unpaired) electrons. The number of rotatable bonds is 2. The molecular formula is C13H15N3O2S. The molecule has 100 valence electrons. The van der Waals surface area contributed by atoms with Crippen LogP contribution in [0.25, 0.3) is 0 Å². The largest absolute Gasteiger partial charge is 0.438 e. The molecular weight excluding hydrogens is 262 g/mol. The Labute approximate surface area is 115 Å². The summed E-state index contributed by atoms with van der Waals surface area (Å²) < 4.78 is 5.08. The fourth-order valence-corrected chi connectivity index (χ4v) is 3.30. The van der Waals surface area contributed by atoms with Crippen LogP contribution in [0.15, 0.2) is 23.2 Å². The van der Waals surface area contributed by atoms with Gasteiger partial charge < -0.3 is 9.32 Å². The predicted octanol–water partition coefficient (Wildman–Crippen LogP) is 2.46.